The Morgan fingerprint density at radius 3 is 2.38 bits per heavy atom. The van der Waals surface area contributed by atoms with Crippen LogP contribution in [-0.2, 0) is 0 Å². The van der Waals surface area contributed by atoms with E-state index in [1.54, 1.807) is 17.2 Å². The lowest BCUT2D eigenvalue weighted by Gasteiger charge is -2.24. The van der Waals surface area contributed by atoms with Crippen molar-refractivity contribution in [3.8, 4) is 5.82 Å². The second kappa shape index (κ2) is 6.09. The molecule has 26 heavy (non-hydrogen) atoms. The summed E-state index contributed by atoms with van der Waals surface area (Å²) >= 11 is 0. The molecule has 0 bridgehead atoms. The van der Waals surface area contributed by atoms with Crippen LogP contribution in [-0.4, -0.2) is 50.9 Å². The monoisotopic (exact) mass is 347 g/mol. The minimum Gasteiger partial charge on any atom is -0.371 e. The first-order valence-electron chi connectivity index (χ1n) is 9.01. The summed E-state index contributed by atoms with van der Waals surface area (Å²) in [7, 11) is 0. The highest BCUT2D eigenvalue weighted by Crippen LogP contribution is 2.35. The van der Waals surface area contributed by atoms with E-state index in [9.17, 15) is 0 Å². The Balaban J connectivity index is 1.31. The molecule has 5 rings (SSSR count). The number of pyridine rings is 1. The van der Waals surface area contributed by atoms with Gasteiger partial charge in [-0.05, 0) is 25.1 Å². The summed E-state index contributed by atoms with van der Waals surface area (Å²) in [6.07, 6.45) is 7.20. The number of hydrogen-bond donors (Lipinski definition) is 0. The SMILES string of the molecule is Cc1cc(N2CC3CN(c4cc(-n5cccn5)ncn4)CC3C2)ccn1. The average molecular weight is 347 g/mol. The molecule has 7 nitrogen and oxygen atoms in total. The van der Waals surface area contributed by atoms with Crippen molar-refractivity contribution in [1.29, 1.82) is 0 Å². The van der Waals surface area contributed by atoms with Crippen LogP contribution in [0.3, 0.4) is 0 Å². The van der Waals surface area contributed by atoms with Gasteiger partial charge in [-0.2, -0.15) is 5.10 Å². The Bertz CT molecular complexity index is 894. The van der Waals surface area contributed by atoms with E-state index >= 15 is 0 Å². The Morgan fingerprint density at radius 2 is 1.65 bits per heavy atom. The first kappa shape index (κ1) is 15.3. The molecule has 132 valence electrons. The second-order valence-electron chi connectivity index (χ2n) is 7.17. The summed E-state index contributed by atoms with van der Waals surface area (Å²) < 4.78 is 1.77. The third kappa shape index (κ3) is 2.69. The van der Waals surface area contributed by atoms with Gasteiger partial charge < -0.3 is 9.80 Å². The molecule has 7 heteroatoms. The zero-order chi connectivity index (χ0) is 17.5. The van der Waals surface area contributed by atoms with Gasteiger partial charge in [-0.15, -0.1) is 0 Å². The fourth-order valence-electron chi connectivity index (χ4n) is 4.16. The molecule has 0 radical (unpaired) electrons. The lowest BCUT2D eigenvalue weighted by molar-refractivity contribution is 0.533. The minimum absolute atomic E-state index is 0.673. The predicted octanol–water partition coefficient (Wildman–Crippen LogP) is 1.94. The van der Waals surface area contributed by atoms with Crippen LogP contribution in [0.2, 0.25) is 0 Å². The Kier molecular flexibility index (Phi) is 3.58. The molecule has 0 aliphatic carbocycles. The molecule has 2 atom stereocenters. The fourth-order valence-corrected chi connectivity index (χ4v) is 4.16. The molecule has 0 aromatic carbocycles. The van der Waals surface area contributed by atoms with Crippen molar-refractivity contribution in [3.05, 3.63) is 54.9 Å². The average Bonchev–Trinajstić information content (AvgIpc) is 3.38. The van der Waals surface area contributed by atoms with Crippen LogP contribution in [0, 0.1) is 18.8 Å². The highest BCUT2D eigenvalue weighted by molar-refractivity contribution is 5.50. The van der Waals surface area contributed by atoms with Crippen molar-refractivity contribution in [3.63, 3.8) is 0 Å². The van der Waals surface area contributed by atoms with Crippen molar-refractivity contribution in [2.45, 2.75) is 6.92 Å². The standard InChI is InChI=1S/C19H21N7/c1-14-7-17(3-5-20-14)24-9-15-11-25(12-16(15)10-24)18-8-19(22-13-21-18)26-6-2-4-23-26/h2-8,13,15-16H,9-12H2,1H3. The maximum atomic E-state index is 4.50. The Morgan fingerprint density at radius 1 is 0.885 bits per heavy atom. The minimum atomic E-state index is 0.673. The van der Waals surface area contributed by atoms with Crippen molar-refractivity contribution in [2.75, 3.05) is 36.0 Å². The molecular formula is C19H21N7. The van der Waals surface area contributed by atoms with E-state index in [2.05, 4.69) is 48.9 Å². The van der Waals surface area contributed by atoms with Crippen molar-refractivity contribution in [1.82, 2.24) is 24.7 Å². The van der Waals surface area contributed by atoms with Crippen molar-refractivity contribution >= 4 is 11.5 Å². The van der Waals surface area contributed by atoms with Crippen LogP contribution in [0.25, 0.3) is 5.82 Å². The summed E-state index contributed by atoms with van der Waals surface area (Å²) in [4.78, 5) is 18.0. The van der Waals surface area contributed by atoms with E-state index < -0.39 is 0 Å². The smallest absolute Gasteiger partial charge is 0.158 e. The highest BCUT2D eigenvalue weighted by atomic mass is 15.3. The predicted molar refractivity (Wildman–Crippen MR) is 99.5 cm³/mol. The zero-order valence-corrected chi connectivity index (χ0v) is 14.7. The van der Waals surface area contributed by atoms with Gasteiger partial charge in [-0.1, -0.05) is 0 Å². The first-order valence-corrected chi connectivity index (χ1v) is 9.01. The first-order chi connectivity index (χ1) is 12.8. The van der Waals surface area contributed by atoms with E-state index in [1.165, 1.54) is 5.69 Å². The molecule has 0 spiro atoms. The summed E-state index contributed by atoms with van der Waals surface area (Å²) in [6.45, 7) is 6.33. The zero-order valence-electron chi connectivity index (χ0n) is 14.7. The van der Waals surface area contributed by atoms with Gasteiger partial charge in [0, 0.05) is 74.1 Å². The molecule has 5 heterocycles. The molecule has 3 aromatic heterocycles. The second-order valence-corrected chi connectivity index (χ2v) is 7.17. The molecule has 0 N–H and O–H groups in total. The third-order valence-electron chi connectivity index (χ3n) is 5.43. The van der Waals surface area contributed by atoms with Gasteiger partial charge in [0.1, 0.15) is 12.1 Å². The van der Waals surface area contributed by atoms with Crippen molar-refractivity contribution in [2.24, 2.45) is 11.8 Å². The molecule has 2 aliphatic rings. The molecule has 3 aromatic rings. The number of rotatable bonds is 3. The molecular weight excluding hydrogens is 326 g/mol. The Labute approximate surface area is 152 Å². The molecule has 2 saturated heterocycles. The molecule has 2 unspecified atom stereocenters. The maximum Gasteiger partial charge on any atom is 0.158 e. The number of hydrogen-bond acceptors (Lipinski definition) is 6. The topological polar surface area (TPSA) is 63.0 Å². The number of fused-ring (bicyclic) bond motifs is 1. The molecule has 2 fully saturated rings. The molecule has 0 saturated carbocycles. The molecule has 2 aliphatic heterocycles. The van der Waals surface area contributed by atoms with Crippen LogP contribution >= 0.6 is 0 Å². The van der Waals surface area contributed by atoms with Crippen LogP contribution < -0.4 is 9.80 Å². The lowest BCUT2D eigenvalue weighted by atomic mass is 10.0. The van der Waals surface area contributed by atoms with Gasteiger partial charge in [-0.3, -0.25) is 4.98 Å². The summed E-state index contributed by atoms with van der Waals surface area (Å²) in [5, 5.41) is 4.26. The number of aryl methyl sites for hydroxylation is 1. The van der Waals surface area contributed by atoms with Gasteiger partial charge in [0.25, 0.3) is 0 Å². The number of nitrogens with zero attached hydrogens (tertiary/aromatic N) is 7. The third-order valence-corrected chi connectivity index (χ3v) is 5.43. The van der Waals surface area contributed by atoms with Gasteiger partial charge in [0.15, 0.2) is 5.82 Å². The van der Waals surface area contributed by atoms with E-state index in [1.807, 2.05) is 24.5 Å². The highest BCUT2D eigenvalue weighted by Gasteiger charge is 2.40. The lowest BCUT2D eigenvalue weighted by Crippen LogP contribution is -2.29. The van der Waals surface area contributed by atoms with E-state index in [0.29, 0.717) is 11.8 Å². The van der Waals surface area contributed by atoms with Crippen LogP contribution in [0.5, 0.6) is 0 Å². The van der Waals surface area contributed by atoms with E-state index in [-0.39, 0.29) is 0 Å². The quantitative estimate of drug-likeness (QED) is 0.721. The fraction of sp³-hybridized carbons (Fsp3) is 0.368. The Hall–Kier alpha value is -2.96. The van der Waals surface area contributed by atoms with Crippen LogP contribution in [0.15, 0.2) is 49.2 Å². The van der Waals surface area contributed by atoms with Crippen LogP contribution in [0.4, 0.5) is 11.5 Å². The largest absolute Gasteiger partial charge is 0.371 e. The van der Waals surface area contributed by atoms with Crippen molar-refractivity contribution < 1.29 is 0 Å². The molecule has 0 amide bonds. The van der Waals surface area contributed by atoms with Crippen LogP contribution in [0.1, 0.15) is 5.69 Å². The van der Waals surface area contributed by atoms with Gasteiger partial charge >= 0.3 is 0 Å². The summed E-state index contributed by atoms with van der Waals surface area (Å²) in [5.41, 5.74) is 2.37. The maximum absolute atomic E-state index is 4.50. The summed E-state index contributed by atoms with van der Waals surface area (Å²) in [5.74, 6) is 3.15. The van der Waals surface area contributed by atoms with Gasteiger partial charge in [-0.25, -0.2) is 14.6 Å². The van der Waals surface area contributed by atoms with Gasteiger partial charge in [0.2, 0.25) is 0 Å². The number of anilines is 2. The van der Waals surface area contributed by atoms with E-state index in [0.717, 1.165) is 43.5 Å². The normalized spacial score (nSPS) is 22.0. The van der Waals surface area contributed by atoms with E-state index in [4.69, 9.17) is 0 Å². The van der Waals surface area contributed by atoms with Gasteiger partial charge in [0.05, 0.1) is 0 Å². The number of aromatic nitrogens is 5. The summed E-state index contributed by atoms with van der Waals surface area (Å²) in [6, 6.07) is 8.22.